The van der Waals surface area contributed by atoms with E-state index in [1.54, 1.807) is 7.11 Å². The van der Waals surface area contributed by atoms with Crippen molar-refractivity contribution in [2.45, 2.75) is 18.9 Å². The summed E-state index contributed by atoms with van der Waals surface area (Å²) in [5.74, 6) is 1.56. The molecular formula is C13H16N2O. The summed E-state index contributed by atoms with van der Waals surface area (Å²) in [5.41, 5.74) is 8.55. The number of aromatic nitrogens is 1. The van der Waals surface area contributed by atoms with Gasteiger partial charge in [0.1, 0.15) is 5.75 Å². The van der Waals surface area contributed by atoms with E-state index in [-0.39, 0.29) is 6.04 Å². The first kappa shape index (κ1) is 9.73. The minimum absolute atomic E-state index is 0.144. The van der Waals surface area contributed by atoms with Crippen LogP contribution in [0.15, 0.2) is 24.4 Å². The largest absolute Gasteiger partial charge is 0.496 e. The molecule has 1 saturated carbocycles. The highest BCUT2D eigenvalue weighted by Crippen LogP contribution is 2.43. The van der Waals surface area contributed by atoms with Gasteiger partial charge in [0.25, 0.3) is 0 Å². The Morgan fingerprint density at radius 3 is 2.94 bits per heavy atom. The Morgan fingerprint density at radius 1 is 1.44 bits per heavy atom. The molecule has 16 heavy (non-hydrogen) atoms. The number of ether oxygens (including phenoxy) is 1. The summed E-state index contributed by atoms with van der Waals surface area (Å²) in [6.45, 7) is 0. The smallest absolute Gasteiger partial charge is 0.128 e. The predicted molar refractivity (Wildman–Crippen MR) is 64.5 cm³/mol. The normalized spacial score (nSPS) is 17.6. The summed E-state index contributed by atoms with van der Waals surface area (Å²) in [7, 11) is 1.70. The number of nitrogens with two attached hydrogens (primary N) is 1. The van der Waals surface area contributed by atoms with Gasteiger partial charge in [0.05, 0.1) is 7.11 Å². The lowest BCUT2D eigenvalue weighted by Crippen LogP contribution is -2.11. The van der Waals surface area contributed by atoms with Crippen molar-refractivity contribution in [2.75, 3.05) is 7.11 Å². The summed E-state index contributed by atoms with van der Waals surface area (Å²) >= 11 is 0. The molecule has 1 aliphatic carbocycles. The Hall–Kier alpha value is -1.48. The van der Waals surface area contributed by atoms with Crippen molar-refractivity contribution in [3.8, 4) is 5.75 Å². The van der Waals surface area contributed by atoms with Crippen molar-refractivity contribution in [3.63, 3.8) is 0 Å². The van der Waals surface area contributed by atoms with Crippen LogP contribution in [0.5, 0.6) is 5.75 Å². The summed E-state index contributed by atoms with van der Waals surface area (Å²) in [6.07, 6.45) is 4.53. The monoisotopic (exact) mass is 216 g/mol. The van der Waals surface area contributed by atoms with Crippen LogP contribution in [0.3, 0.4) is 0 Å². The van der Waals surface area contributed by atoms with E-state index < -0.39 is 0 Å². The van der Waals surface area contributed by atoms with Crippen molar-refractivity contribution >= 4 is 10.9 Å². The average molecular weight is 216 g/mol. The van der Waals surface area contributed by atoms with Crippen LogP contribution >= 0.6 is 0 Å². The van der Waals surface area contributed by atoms with Gasteiger partial charge in [0.15, 0.2) is 0 Å². The zero-order valence-electron chi connectivity index (χ0n) is 9.36. The molecule has 3 N–H and O–H groups in total. The average Bonchev–Trinajstić information content (AvgIpc) is 3.07. The molecule has 1 fully saturated rings. The highest BCUT2D eigenvalue weighted by atomic mass is 16.5. The highest BCUT2D eigenvalue weighted by Gasteiger charge is 2.31. The number of aromatic amines is 1. The molecule has 1 unspecified atom stereocenters. The number of methoxy groups -OCH3 is 1. The van der Waals surface area contributed by atoms with E-state index in [4.69, 9.17) is 10.5 Å². The van der Waals surface area contributed by atoms with E-state index in [9.17, 15) is 0 Å². The number of rotatable bonds is 3. The fraction of sp³-hybridized carbons (Fsp3) is 0.385. The van der Waals surface area contributed by atoms with Crippen molar-refractivity contribution < 1.29 is 4.74 Å². The minimum Gasteiger partial charge on any atom is -0.496 e. The maximum Gasteiger partial charge on any atom is 0.128 e. The number of nitrogens with one attached hydrogen (secondary N) is 1. The van der Waals surface area contributed by atoms with Crippen LogP contribution in [0.2, 0.25) is 0 Å². The van der Waals surface area contributed by atoms with E-state index in [0.29, 0.717) is 5.92 Å². The van der Waals surface area contributed by atoms with Gasteiger partial charge in [-0.15, -0.1) is 0 Å². The van der Waals surface area contributed by atoms with Gasteiger partial charge < -0.3 is 15.5 Å². The molecule has 0 amide bonds. The lowest BCUT2D eigenvalue weighted by Gasteiger charge is -2.10. The lowest BCUT2D eigenvalue weighted by molar-refractivity contribution is 0.419. The Labute approximate surface area is 94.6 Å². The molecule has 1 aromatic heterocycles. The van der Waals surface area contributed by atoms with Gasteiger partial charge in [-0.2, -0.15) is 0 Å². The van der Waals surface area contributed by atoms with Crippen molar-refractivity contribution in [2.24, 2.45) is 11.7 Å². The van der Waals surface area contributed by atoms with Crippen molar-refractivity contribution in [1.82, 2.24) is 4.98 Å². The van der Waals surface area contributed by atoms with Crippen LogP contribution < -0.4 is 10.5 Å². The van der Waals surface area contributed by atoms with E-state index in [1.807, 2.05) is 18.3 Å². The van der Waals surface area contributed by atoms with Gasteiger partial charge in [0.2, 0.25) is 0 Å². The molecule has 2 aromatic rings. The van der Waals surface area contributed by atoms with Crippen molar-refractivity contribution in [3.05, 3.63) is 30.0 Å². The third kappa shape index (κ3) is 1.39. The minimum atomic E-state index is 0.144. The first-order chi connectivity index (χ1) is 7.81. The molecule has 3 rings (SSSR count). The second-order valence-electron chi connectivity index (χ2n) is 4.49. The summed E-state index contributed by atoms with van der Waals surface area (Å²) in [6, 6.07) is 6.18. The topological polar surface area (TPSA) is 51.0 Å². The quantitative estimate of drug-likeness (QED) is 0.828. The zero-order chi connectivity index (χ0) is 11.1. The molecule has 0 radical (unpaired) electrons. The fourth-order valence-electron chi connectivity index (χ4n) is 2.32. The molecule has 3 nitrogen and oxygen atoms in total. The maximum atomic E-state index is 6.26. The Morgan fingerprint density at radius 2 is 2.25 bits per heavy atom. The summed E-state index contributed by atoms with van der Waals surface area (Å²) in [4.78, 5) is 3.27. The second kappa shape index (κ2) is 3.52. The number of H-pyrrole nitrogens is 1. The molecule has 1 aromatic carbocycles. The van der Waals surface area contributed by atoms with Gasteiger partial charge in [-0.3, -0.25) is 0 Å². The van der Waals surface area contributed by atoms with Gasteiger partial charge >= 0.3 is 0 Å². The van der Waals surface area contributed by atoms with Crippen LogP contribution in [0, 0.1) is 5.92 Å². The number of benzene rings is 1. The van der Waals surface area contributed by atoms with E-state index >= 15 is 0 Å². The molecule has 3 heteroatoms. The van der Waals surface area contributed by atoms with Crippen LogP contribution in [-0.2, 0) is 0 Å². The second-order valence-corrected chi connectivity index (χ2v) is 4.49. The number of hydrogen-bond acceptors (Lipinski definition) is 2. The molecule has 1 aliphatic rings. The molecule has 1 atom stereocenters. The number of hydrogen-bond donors (Lipinski definition) is 2. The molecule has 0 bridgehead atoms. The molecule has 1 heterocycles. The van der Waals surface area contributed by atoms with Gasteiger partial charge in [-0.05, 0) is 36.5 Å². The molecule has 0 aliphatic heterocycles. The van der Waals surface area contributed by atoms with Crippen molar-refractivity contribution in [1.29, 1.82) is 0 Å². The van der Waals surface area contributed by atoms with Crippen LogP contribution in [0.1, 0.15) is 24.4 Å². The van der Waals surface area contributed by atoms with E-state index in [0.717, 1.165) is 16.7 Å². The van der Waals surface area contributed by atoms with E-state index in [1.165, 1.54) is 18.4 Å². The molecule has 0 spiro atoms. The summed E-state index contributed by atoms with van der Waals surface area (Å²) in [5, 5.41) is 1.14. The zero-order valence-corrected chi connectivity index (χ0v) is 9.36. The Kier molecular flexibility index (Phi) is 2.14. The van der Waals surface area contributed by atoms with Crippen LogP contribution in [-0.4, -0.2) is 12.1 Å². The fourth-order valence-corrected chi connectivity index (χ4v) is 2.32. The molecule has 84 valence electrons. The first-order valence-electron chi connectivity index (χ1n) is 5.71. The number of fused-ring (bicyclic) bond motifs is 1. The Bertz CT molecular complexity index is 514. The molecule has 0 saturated heterocycles. The highest BCUT2D eigenvalue weighted by molar-refractivity contribution is 5.89. The van der Waals surface area contributed by atoms with Crippen LogP contribution in [0.25, 0.3) is 10.9 Å². The standard InChI is InChI=1S/C13H16N2O/c1-16-11-4-2-3-10-12(11)9(7-15-10)13(14)8-5-6-8/h2-4,7-8,13,15H,5-6,14H2,1H3. The summed E-state index contributed by atoms with van der Waals surface area (Å²) < 4.78 is 5.40. The van der Waals surface area contributed by atoms with Gasteiger partial charge in [-0.25, -0.2) is 0 Å². The third-order valence-corrected chi connectivity index (χ3v) is 3.41. The SMILES string of the molecule is COc1cccc2[nH]cc(C(N)C3CC3)c12. The van der Waals surface area contributed by atoms with Gasteiger partial charge in [0, 0.05) is 23.1 Å². The Balaban J connectivity index is 2.16. The first-order valence-corrected chi connectivity index (χ1v) is 5.71. The van der Waals surface area contributed by atoms with E-state index in [2.05, 4.69) is 11.1 Å². The van der Waals surface area contributed by atoms with Crippen LogP contribution in [0.4, 0.5) is 0 Å². The van der Waals surface area contributed by atoms with Gasteiger partial charge in [-0.1, -0.05) is 6.07 Å². The third-order valence-electron chi connectivity index (χ3n) is 3.41. The molecular weight excluding hydrogens is 200 g/mol. The lowest BCUT2D eigenvalue weighted by atomic mass is 10.0. The predicted octanol–water partition coefficient (Wildman–Crippen LogP) is 2.59. The maximum absolute atomic E-state index is 6.26.